The van der Waals surface area contributed by atoms with Crippen molar-refractivity contribution in [1.29, 1.82) is 0 Å². The molecule has 3 nitrogen and oxygen atoms in total. The molecule has 0 atom stereocenters. The maximum atomic E-state index is 12.3. The van der Waals surface area contributed by atoms with Gasteiger partial charge in [-0.1, -0.05) is 66.7 Å². The fourth-order valence-electron chi connectivity index (χ4n) is 2.82. The van der Waals surface area contributed by atoms with Gasteiger partial charge in [0.2, 0.25) is 0 Å². The molecule has 24 heavy (non-hydrogen) atoms. The molecule has 0 unspecified atom stereocenters. The summed E-state index contributed by atoms with van der Waals surface area (Å²) in [4.78, 5) is 16.7. The number of fused-ring (bicyclic) bond motifs is 2. The average Bonchev–Trinajstić information content (AvgIpc) is 2.65. The van der Waals surface area contributed by atoms with Crippen LogP contribution in [0.25, 0.3) is 21.7 Å². The summed E-state index contributed by atoms with van der Waals surface area (Å²) in [6.07, 6.45) is 0. The van der Waals surface area contributed by atoms with Gasteiger partial charge in [-0.25, -0.2) is 9.78 Å². The van der Waals surface area contributed by atoms with E-state index in [2.05, 4.69) is 4.98 Å². The highest BCUT2D eigenvalue weighted by molar-refractivity contribution is 5.91. The Morgan fingerprint density at radius 2 is 1.54 bits per heavy atom. The van der Waals surface area contributed by atoms with Gasteiger partial charge in [0.05, 0.1) is 5.52 Å². The molecular formula is C21H15NO2. The van der Waals surface area contributed by atoms with E-state index in [-0.39, 0.29) is 6.61 Å². The van der Waals surface area contributed by atoms with Crippen LogP contribution >= 0.6 is 0 Å². The zero-order valence-corrected chi connectivity index (χ0v) is 13.0. The Kier molecular flexibility index (Phi) is 3.67. The van der Waals surface area contributed by atoms with Crippen LogP contribution in [0.4, 0.5) is 0 Å². The molecule has 4 rings (SSSR count). The highest BCUT2D eigenvalue weighted by Gasteiger charge is 2.11. The number of carbonyl (C=O) groups is 1. The van der Waals surface area contributed by atoms with Crippen molar-refractivity contribution in [2.75, 3.05) is 0 Å². The summed E-state index contributed by atoms with van der Waals surface area (Å²) in [6, 6.07) is 25.3. The van der Waals surface area contributed by atoms with E-state index < -0.39 is 5.97 Å². The molecule has 0 aliphatic carbocycles. The lowest BCUT2D eigenvalue weighted by atomic mass is 10.1. The molecule has 0 spiro atoms. The molecule has 0 amide bonds. The van der Waals surface area contributed by atoms with Crippen LogP contribution in [0, 0.1) is 0 Å². The van der Waals surface area contributed by atoms with E-state index in [9.17, 15) is 4.79 Å². The van der Waals surface area contributed by atoms with Crippen molar-refractivity contribution in [2.24, 2.45) is 0 Å². The third-order valence-corrected chi connectivity index (χ3v) is 4.05. The van der Waals surface area contributed by atoms with Crippen LogP contribution in [0.5, 0.6) is 0 Å². The van der Waals surface area contributed by atoms with E-state index in [0.717, 1.165) is 27.2 Å². The SMILES string of the molecule is O=C(OCc1cccc2ccccc12)c1ccc2ccccc2n1. The molecular weight excluding hydrogens is 298 g/mol. The molecule has 4 aromatic rings. The van der Waals surface area contributed by atoms with Crippen LogP contribution < -0.4 is 0 Å². The first-order chi connectivity index (χ1) is 11.8. The Hall–Kier alpha value is -3.20. The molecule has 0 saturated carbocycles. The Bertz CT molecular complexity index is 1030. The van der Waals surface area contributed by atoms with Crippen LogP contribution in [0.15, 0.2) is 78.9 Å². The number of carbonyl (C=O) groups excluding carboxylic acids is 1. The lowest BCUT2D eigenvalue weighted by Gasteiger charge is -2.08. The molecule has 0 N–H and O–H groups in total. The minimum absolute atomic E-state index is 0.231. The Balaban J connectivity index is 1.57. The maximum absolute atomic E-state index is 12.3. The van der Waals surface area contributed by atoms with Crippen molar-refractivity contribution in [3.8, 4) is 0 Å². The third kappa shape index (κ3) is 2.72. The zero-order chi connectivity index (χ0) is 16.4. The van der Waals surface area contributed by atoms with Crippen molar-refractivity contribution < 1.29 is 9.53 Å². The van der Waals surface area contributed by atoms with Gasteiger partial charge in [0.1, 0.15) is 12.3 Å². The first-order valence-electron chi connectivity index (χ1n) is 7.81. The van der Waals surface area contributed by atoms with E-state index in [0.29, 0.717) is 5.69 Å². The summed E-state index contributed by atoms with van der Waals surface area (Å²) in [5, 5.41) is 3.23. The molecule has 0 radical (unpaired) electrons. The monoisotopic (exact) mass is 313 g/mol. The quantitative estimate of drug-likeness (QED) is 0.513. The van der Waals surface area contributed by atoms with Crippen molar-refractivity contribution in [3.05, 3.63) is 90.1 Å². The van der Waals surface area contributed by atoms with Gasteiger partial charge in [0, 0.05) is 5.39 Å². The van der Waals surface area contributed by atoms with Crippen molar-refractivity contribution >= 4 is 27.6 Å². The topological polar surface area (TPSA) is 39.2 Å². The second kappa shape index (κ2) is 6.13. The van der Waals surface area contributed by atoms with Gasteiger partial charge in [0.15, 0.2) is 0 Å². The molecule has 1 heterocycles. The van der Waals surface area contributed by atoms with E-state index >= 15 is 0 Å². The van der Waals surface area contributed by atoms with Crippen LogP contribution in [-0.2, 0) is 11.3 Å². The number of rotatable bonds is 3. The van der Waals surface area contributed by atoms with Gasteiger partial charge < -0.3 is 4.74 Å². The summed E-state index contributed by atoms with van der Waals surface area (Å²) in [5.41, 5.74) is 2.10. The van der Waals surface area contributed by atoms with Gasteiger partial charge >= 0.3 is 5.97 Å². The number of aromatic nitrogens is 1. The number of para-hydroxylation sites is 1. The molecule has 3 aromatic carbocycles. The highest BCUT2D eigenvalue weighted by Crippen LogP contribution is 2.20. The zero-order valence-electron chi connectivity index (χ0n) is 13.0. The molecule has 3 heteroatoms. The molecule has 0 aliphatic heterocycles. The van der Waals surface area contributed by atoms with Crippen molar-refractivity contribution in [3.63, 3.8) is 0 Å². The first kappa shape index (κ1) is 14.4. The summed E-state index contributed by atoms with van der Waals surface area (Å²) in [5.74, 6) is -0.409. The summed E-state index contributed by atoms with van der Waals surface area (Å²) in [7, 11) is 0. The minimum atomic E-state index is -0.409. The average molecular weight is 313 g/mol. The van der Waals surface area contributed by atoms with Crippen LogP contribution in [0.1, 0.15) is 16.1 Å². The van der Waals surface area contributed by atoms with E-state index in [1.165, 1.54) is 0 Å². The van der Waals surface area contributed by atoms with Crippen molar-refractivity contribution in [2.45, 2.75) is 6.61 Å². The first-order valence-corrected chi connectivity index (χ1v) is 7.81. The largest absolute Gasteiger partial charge is 0.456 e. The molecule has 1 aromatic heterocycles. The predicted octanol–water partition coefficient (Wildman–Crippen LogP) is 4.75. The summed E-state index contributed by atoms with van der Waals surface area (Å²) in [6.45, 7) is 0.231. The van der Waals surface area contributed by atoms with Crippen LogP contribution in [0.3, 0.4) is 0 Å². The van der Waals surface area contributed by atoms with Crippen molar-refractivity contribution in [1.82, 2.24) is 4.98 Å². The van der Waals surface area contributed by atoms with Gasteiger partial charge in [-0.2, -0.15) is 0 Å². The molecule has 0 bridgehead atoms. The van der Waals surface area contributed by atoms with Gasteiger partial charge in [-0.05, 0) is 28.5 Å². The Morgan fingerprint density at radius 3 is 2.46 bits per heavy atom. The number of ether oxygens (including phenoxy) is 1. The summed E-state index contributed by atoms with van der Waals surface area (Å²) >= 11 is 0. The Labute approximate surface area is 139 Å². The van der Waals surface area contributed by atoms with Gasteiger partial charge in [-0.15, -0.1) is 0 Å². The van der Waals surface area contributed by atoms with E-state index in [1.807, 2.05) is 72.8 Å². The second-order valence-electron chi connectivity index (χ2n) is 5.60. The maximum Gasteiger partial charge on any atom is 0.357 e. The normalized spacial score (nSPS) is 10.8. The van der Waals surface area contributed by atoms with Crippen LogP contribution in [0.2, 0.25) is 0 Å². The lowest BCUT2D eigenvalue weighted by Crippen LogP contribution is -2.07. The number of pyridine rings is 1. The predicted molar refractivity (Wildman–Crippen MR) is 94.8 cm³/mol. The Morgan fingerprint density at radius 1 is 0.792 bits per heavy atom. The summed E-state index contributed by atoms with van der Waals surface area (Å²) < 4.78 is 5.47. The minimum Gasteiger partial charge on any atom is -0.456 e. The second-order valence-corrected chi connectivity index (χ2v) is 5.60. The number of hydrogen-bond donors (Lipinski definition) is 0. The number of benzene rings is 3. The number of hydrogen-bond acceptors (Lipinski definition) is 3. The fourth-order valence-corrected chi connectivity index (χ4v) is 2.82. The van der Waals surface area contributed by atoms with Gasteiger partial charge in [-0.3, -0.25) is 0 Å². The van der Waals surface area contributed by atoms with E-state index in [1.54, 1.807) is 6.07 Å². The standard InChI is InChI=1S/C21H15NO2/c23-21(20-13-12-16-7-2-4-11-19(16)22-20)24-14-17-9-5-8-15-6-1-3-10-18(15)17/h1-13H,14H2. The molecule has 116 valence electrons. The van der Waals surface area contributed by atoms with Crippen LogP contribution in [-0.4, -0.2) is 11.0 Å². The third-order valence-electron chi connectivity index (χ3n) is 4.05. The number of nitrogens with zero attached hydrogens (tertiary/aromatic N) is 1. The highest BCUT2D eigenvalue weighted by atomic mass is 16.5. The fraction of sp³-hybridized carbons (Fsp3) is 0.0476. The number of esters is 1. The van der Waals surface area contributed by atoms with E-state index in [4.69, 9.17) is 4.74 Å². The lowest BCUT2D eigenvalue weighted by molar-refractivity contribution is 0.0468. The smallest absolute Gasteiger partial charge is 0.357 e. The van der Waals surface area contributed by atoms with Gasteiger partial charge in [0.25, 0.3) is 0 Å². The molecule has 0 aliphatic rings. The molecule has 0 fully saturated rings. The molecule has 0 saturated heterocycles.